The monoisotopic (exact) mass is 352 g/mol. The third-order valence-electron chi connectivity index (χ3n) is 5.59. The molecule has 6 heteroatoms. The molecule has 2 aromatic carbocycles. The molecule has 0 unspecified atom stereocenters. The molecule has 0 spiro atoms. The number of hydrogen-bond donors (Lipinski definition) is 2. The molecule has 2 atom stereocenters. The van der Waals surface area contributed by atoms with Gasteiger partial charge in [-0.1, -0.05) is 25.1 Å². The first-order valence-electron chi connectivity index (χ1n) is 8.85. The predicted molar refractivity (Wildman–Crippen MR) is 102 cm³/mol. The minimum Gasteiger partial charge on any atom is -0.409 e. The largest absolute Gasteiger partial charge is 0.431 e. The van der Waals surface area contributed by atoms with E-state index < -0.39 is 6.09 Å². The second-order valence-corrected chi connectivity index (χ2v) is 7.32. The van der Waals surface area contributed by atoms with Crippen molar-refractivity contribution >= 4 is 17.5 Å². The molecule has 0 radical (unpaired) electrons. The summed E-state index contributed by atoms with van der Waals surface area (Å²) >= 11 is 0. The minimum absolute atomic E-state index is 0.0525. The van der Waals surface area contributed by atoms with Crippen LogP contribution in [0.15, 0.2) is 48.5 Å². The van der Waals surface area contributed by atoms with Crippen LogP contribution in [-0.2, 0) is 5.41 Å². The number of para-hydroxylation sites is 1. The zero-order valence-corrected chi connectivity index (χ0v) is 15.3. The Labute approximate surface area is 153 Å². The second-order valence-electron chi connectivity index (χ2n) is 7.32. The van der Waals surface area contributed by atoms with Crippen LogP contribution in [0.2, 0.25) is 0 Å². The lowest BCUT2D eigenvalue weighted by atomic mass is 9.81. The fourth-order valence-electron chi connectivity index (χ4n) is 4.40. The van der Waals surface area contributed by atoms with Crippen LogP contribution in [0.4, 0.5) is 16.2 Å². The lowest BCUT2D eigenvalue weighted by molar-refractivity contribution is 0.202. The van der Waals surface area contributed by atoms with Crippen LogP contribution in [-0.4, -0.2) is 37.8 Å². The molecule has 1 fully saturated rings. The Morgan fingerprint density at radius 3 is 2.73 bits per heavy atom. The van der Waals surface area contributed by atoms with Crippen LogP contribution in [0.5, 0.6) is 5.75 Å². The average molecular weight is 352 g/mol. The van der Waals surface area contributed by atoms with Gasteiger partial charge in [0.25, 0.3) is 0 Å². The number of benzene rings is 2. The molecule has 0 aromatic heterocycles. The Morgan fingerprint density at radius 2 is 1.96 bits per heavy atom. The lowest BCUT2D eigenvalue weighted by Crippen LogP contribution is -2.45. The summed E-state index contributed by atoms with van der Waals surface area (Å²) in [5.41, 5.74) is 8.69. The Kier molecular flexibility index (Phi) is 4.00. The molecular weight excluding hydrogens is 328 g/mol. The van der Waals surface area contributed by atoms with Crippen molar-refractivity contribution in [2.24, 2.45) is 0 Å². The molecule has 136 valence electrons. The van der Waals surface area contributed by atoms with Gasteiger partial charge in [-0.2, -0.15) is 0 Å². The first-order valence-corrected chi connectivity index (χ1v) is 8.85. The van der Waals surface area contributed by atoms with Crippen molar-refractivity contribution in [2.45, 2.75) is 24.9 Å². The van der Waals surface area contributed by atoms with Crippen LogP contribution in [0.1, 0.15) is 18.9 Å². The molecule has 1 amide bonds. The molecule has 0 bridgehead atoms. The topological polar surface area (TPSA) is 56.8 Å². The number of likely N-dealkylation sites (N-methyl/N-ethyl adjacent to an activating group) is 2. The smallest absolute Gasteiger partial charge is 0.409 e. The molecule has 6 nitrogen and oxygen atoms in total. The number of rotatable bonds is 3. The van der Waals surface area contributed by atoms with Gasteiger partial charge in [-0.05, 0) is 49.4 Å². The molecule has 4 rings (SSSR count). The van der Waals surface area contributed by atoms with Crippen molar-refractivity contribution in [3.8, 4) is 5.75 Å². The number of nitrogens with zero attached hydrogens (tertiary/aromatic N) is 2. The van der Waals surface area contributed by atoms with E-state index in [9.17, 15) is 4.79 Å². The maximum atomic E-state index is 12.1. The number of carbonyl (C=O) groups excluding carboxylic acids is 1. The summed E-state index contributed by atoms with van der Waals surface area (Å²) in [5.74, 6) is 0.556. The molecule has 0 saturated carbocycles. The summed E-state index contributed by atoms with van der Waals surface area (Å²) < 4.78 is 5.47. The van der Waals surface area contributed by atoms with E-state index in [0.717, 1.165) is 18.7 Å². The van der Waals surface area contributed by atoms with Gasteiger partial charge in [0.05, 0.1) is 11.9 Å². The number of amides is 1. The molecule has 2 aliphatic heterocycles. The third-order valence-corrected chi connectivity index (χ3v) is 5.59. The Bertz CT molecular complexity index is 826. The molecule has 2 heterocycles. The van der Waals surface area contributed by atoms with Crippen LogP contribution in [0, 0.1) is 0 Å². The van der Waals surface area contributed by atoms with Gasteiger partial charge in [0.2, 0.25) is 0 Å². The third kappa shape index (κ3) is 2.66. The van der Waals surface area contributed by atoms with Crippen molar-refractivity contribution in [2.75, 3.05) is 31.0 Å². The number of likely N-dealkylation sites (tertiary alicyclic amines) is 1. The second kappa shape index (κ2) is 6.21. The van der Waals surface area contributed by atoms with Gasteiger partial charge in [0, 0.05) is 24.7 Å². The molecule has 2 N–H and O–H groups in total. The van der Waals surface area contributed by atoms with Crippen molar-refractivity contribution in [1.29, 1.82) is 0 Å². The van der Waals surface area contributed by atoms with Gasteiger partial charge in [-0.15, -0.1) is 0 Å². The van der Waals surface area contributed by atoms with Gasteiger partial charge in [-0.3, -0.25) is 10.3 Å². The van der Waals surface area contributed by atoms with E-state index in [0.29, 0.717) is 11.9 Å². The zero-order valence-electron chi connectivity index (χ0n) is 15.3. The standard InChI is InChI=1S/C20H24N4O2/c1-20-11-12-23(2)18(20)24(3)17-10-9-15(13-16(17)20)26-19(25)22-21-14-7-5-4-6-8-14/h4-10,13,18,21H,11-12H2,1-3H3,(H,22,25)/t18-,20+/m1/s1. The summed E-state index contributed by atoms with van der Waals surface area (Å²) in [6.45, 7) is 3.36. The fourth-order valence-corrected chi connectivity index (χ4v) is 4.40. The first-order chi connectivity index (χ1) is 12.5. The maximum Gasteiger partial charge on any atom is 0.431 e. The number of carbonyl (C=O) groups is 1. The number of ether oxygens (including phenoxy) is 1. The summed E-state index contributed by atoms with van der Waals surface area (Å²) in [7, 11) is 4.30. The summed E-state index contributed by atoms with van der Waals surface area (Å²) in [5, 5.41) is 0. The number of nitrogens with one attached hydrogen (secondary N) is 2. The van der Waals surface area contributed by atoms with Gasteiger partial charge < -0.3 is 9.64 Å². The van der Waals surface area contributed by atoms with Crippen molar-refractivity contribution in [1.82, 2.24) is 10.3 Å². The SMILES string of the molecule is CN1CC[C@@]2(C)c3cc(OC(=O)NNc4ccccc4)ccc3N(C)[C@@H]12. The van der Waals surface area contributed by atoms with E-state index in [1.807, 2.05) is 48.5 Å². The molecular formula is C20H24N4O2. The Balaban J connectivity index is 1.48. The highest BCUT2D eigenvalue weighted by molar-refractivity contribution is 5.73. The summed E-state index contributed by atoms with van der Waals surface area (Å²) in [4.78, 5) is 16.8. The van der Waals surface area contributed by atoms with E-state index in [1.165, 1.54) is 11.3 Å². The van der Waals surface area contributed by atoms with Crippen LogP contribution >= 0.6 is 0 Å². The predicted octanol–water partition coefficient (Wildman–Crippen LogP) is 3.17. The lowest BCUT2D eigenvalue weighted by Gasteiger charge is -2.32. The van der Waals surface area contributed by atoms with E-state index >= 15 is 0 Å². The van der Waals surface area contributed by atoms with E-state index in [2.05, 4.69) is 41.7 Å². The number of fused-ring (bicyclic) bond motifs is 3. The van der Waals surface area contributed by atoms with Crippen LogP contribution < -0.4 is 20.5 Å². The quantitative estimate of drug-likeness (QED) is 0.831. The fraction of sp³-hybridized carbons (Fsp3) is 0.350. The summed E-state index contributed by atoms with van der Waals surface area (Å²) in [6.07, 6.45) is 0.906. The van der Waals surface area contributed by atoms with E-state index in [1.54, 1.807) is 0 Å². The minimum atomic E-state index is -0.537. The van der Waals surface area contributed by atoms with Crippen LogP contribution in [0.25, 0.3) is 0 Å². The highest BCUT2D eigenvalue weighted by atomic mass is 16.6. The van der Waals surface area contributed by atoms with Crippen LogP contribution in [0.3, 0.4) is 0 Å². The van der Waals surface area contributed by atoms with Gasteiger partial charge in [0.15, 0.2) is 0 Å². The van der Waals surface area contributed by atoms with Gasteiger partial charge in [0.1, 0.15) is 5.75 Å². The highest BCUT2D eigenvalue weighted by Gasteiger charge is 2.52. The Hall–Kier alpha value is -2.73. The zero-order chi connectivity index (χ0) is 18.3. The van der Waals surface area contributed by atoms with Gasteiger partial charge in [-0.25, -0.2) is 10.2 Å². The molecule has 2 aliphatic rings. The number of hydrazine groups is 1. The number of hydrogen-bond acceptors (Lipinski definition) is 5. The van der Waals surface area contributed by atoms with Crippen molar-refractivity contribution in [3.63, 3.8) is 0 Å². The Morgan fingerprint density at radius 1 is 1.19 bits per heavy atom. The molecule has 1 saturated heterocycles. The average Bonchev–Trinajstić information content (AvgIpc) is 3.06. The molecule has 26 heavy (non-hydrogen) atoms. The molecule has 2 aromatic rings. The normalized spacial score (nSPS) is 24.1. The molecule has 0 aliphatic carbocycles. The number of anilines is 2. The first kappa shape index (κ1) is 16.7. The van der Waals surface area contributed by atoms with Gasteiger partial charge >= 0.3 is 6.09 Å². The highest BCUT2D eigenvalue weighted by Crippen LogP contribution is 2.51. The van der Waals surface area contributed by atoms with E-state index in [4.69, 9.17) is 4.74 Å². The van der Waals surface area contributed by atoms with Crippen molar-refractivity contribution in [3.05, 3.63) is 54.1 Å². The summed E-state index contributed by atoms with van der Waals surface area (Å²) in [6, 6.07) is 15.3. The maximum absolute atomic E-state index is 12.1. The van der Waals surface area contributed by atoms with Crippen molar-refractivity contribution < 1.29 is 9.53 Å². The van der Waals surface area contributed by atoms with E-state index in [-0.39, 0.29) is 5.41 Å².